The van der Waals surface area contributed by atoms with Crippen molar-refractivity contribution in [3.8, 4) is 0 Å². The molecule has 1 aliphatic carbocycles. The highest BCUT2D eigenvalue weighted by Gasteiger charge is 2.25. The quantitative estimate of drug-likeness (QED) is 0.858. The number of benzene rings is 1. The van der Waals surface area contributed by atoms with E-state index in [9.17, 15) is 0 Å². The Morgan fingerprint density at radius 1 is 1.43 bits per heavy atom. The van der Waals surface area contributed by atoms with Crippen LogP contribution >= 0.6 is 15.9 Å². The number of hydrogen-bond donors (Lipinski definition) is 1. The van der Waals surface area contributed by atoms with Gasteiger partial charge in [0.1, 0.15) is 0 Å². The number of hydrogen-bond acceptors (Lipinski definition) is 1. The van der Waals surface area contributed by atoms with E-state index < -0.39 is 0 Å². The maximum atomic E-state index is 6.20. The molecule has 2 rings (SSSR count). The van der Waals surface area contributed by atoms with Crippen molar-refractivity contribution in [2.24, 2.45) is 11.7 Å². The Balaban J connectivity index is 2.18. The fraction of sp³-hybridized carbons (Fsp3) is 0.500. The standard InChI is InChI=1S/C12H16BrN/c1-8-7-10(5-6-11(8)13)12(14)9-3-2-4-9/h5-7,9,12H,2-4,14H2,1H3/t12-/m1/s1. The van der Waals surface area contributed by atoms with Crippen molar-refractivity contribution in [1.82, 2.24) is 0 Å². The predicted octanol–water partition coefficient (Wildman–Crippen LogP) is 3.56. The van der Waals surface area contributed by atoms with Crippen molar-refractivity contribution in [3.63, 3.8) is 0 Å². The van der Waals surface area contributed by atoms with Gasteiger partial charge in [0.05, 0.1) is 0 Å². The highest BCUT2D eigenvalue weighted by atomic mass is 79.9. The van der Waals surface area contributed by atoms with Crippen LogP contribution in [0.2, 0.25) is 0 Å². The van der Waals surface area contributed by atoms with Gasteiger partial charge in [0, 0.05) is 10.5 Å². The smallest absolute Gasteiger partial charge is 0.0323 e. The Hall–Kier alpha value is -0.340. The summed E-state index contributed by atoms with van der Waals surface area (Å²) in [5.74, 6) is 0.718. The second-order valence-corrected chi connectivity index (χ2v) is 5.08. The van der Waals surface area contributed by atoms with Gasteiger partial charge in [-0.05, 0) is 42.9 Å². The lowest BCUT2D eigenvalue weighted by atomic mass is 9.77. The number of rotatable bonds is 2. The summed E-state index contributed by atoms with van der Waals surface area (Å²) in [5, 5.41) is 0. The van der Waals surface area contributed by atoms with Crippen molar-refractivity contribution < 1.29 is 0 Å². The van der Waals surface area contributed by atoms with Gasteiger partial charge < -0.3 is 5.73 Å². The third-order valence-electron chi connectivity index (χ3n) is 3.22. The van der Waals surface area contributed by atoms with Gasteiger partial charge >= 0.3 is 0 Å². The highest BCUT2D eigenvalue weighted by molar-refractivity contribution is 9.10. The van der Waals surface area contributed by atoms with Gasteiger partial charge in [0.25, 0.3) is 0 Å². The molecule has 1 fully saturated rings. The highest BCUT2D eigenvalue weighted by Crippen LogP contribution is 2.36. The fourth-order valence-electron chi connectivity index (χ4n) is 1.95. The Morgan fingerprint density at radius 2 is 2.14 bits per heavy atom. The zero-order valence-corrected chi connectivity index (χ0v) is 10.0. The van der Waals surface area contributed by atoms with E-state index in [1.807, 2.05) is 0 Å². The third kappa shape index (κ3) is 1.86. The molecule has 0 heterocycles. The zero-order chi connectivity index (χ0) is 10.1. The molecule has 1 saturated carbocycles. The average Bonchev–Trinajstić information content (AvgIpc) is 2.06. The molecule has 0 aromatic heterocycles. The van der Waals surface area contributed by atoms with Crippen LogP contribution in [-0.4, -0.2) is 0 Å². The molecule has 0 aliphatic heterocycles. The van der Waals surface area contributed by atoms with Crippen LogP contribution in [0.3, 0.4) is 0 Å². The second-order valence-electron chi connectivity index (χ2n) is 4.23. The summed E-state index contributed by atoms with van der Waals surface area (Å²) < 4.78 is 1.17. The minimum atomic E-state index is 0.246. The average molecular weight is 254 g/mol. The molecule has 1 aromatic carbocycles. The first kappa shape index (κ1) is 10.2. The normalized spacial score (nSPS) is 19.1. The number of aryl methyl sites for hydroxylation is 1. The van der Waals surface area contributed by atoms with Crippen LogP contribution in [0.25, 0.3) is 0 Å². The van der Waals surface area contributed by atoms with E-state index in [2.05, 4.69) is 41.1 Å². The van der Waals surface area contributed by atoms with Crippen LogP contribution < -0.4 is 5.73 Å². The molecule has 0 saturated heterocycles. The molecule has 0 amide bonds. The van der Waals surface area contributed by atoms with Gasteiger partial charge in [-0.1, -0.05) is 34.5 Å². The maximum Gasteiger partial charge on any atom is 0.0323 e. The van der Waals surface area contributed by atoms with Crippen LogP contribution in [0.15, 0.2) is 22.7 Å². The first-order valence-electron chi connectivity index (χ1n) is 5.20. The Kier molecular flexibility index (Phi) is 2.93. The van der Waals surface area contributed by atoms with Crippen LogP contribution in [0.4, 0.5) is 0 Å². The summed E-state index contributed by atoms with van der Waals surface area (Å²) in [6.07, 6.45) is 3.96. The summed E-state index contributed by atoms with van der Waals surface area (Å²) >= 11 is 3.51. The molecule has 14 heavy (non-hydrogen) atoms. The first-order chi connectivity index (χ1) is 6.68. The molecule has 76 valence electrons. The molecular formula is C12H16BrN. The number of halogens is 1. The monoisotopic (exact) mass is 253 g/mol. The summed E-state index contributed by atoms with van der Waals surface area (Å²) in [7, 11) is 0. The Morgan fingerprint density at radius 3 is 2.64 bits per heavy atom. The van der Waals surface area contributed by atoms with Gasteiger partial charge in [-0.15, -0.1) is 0 Å². The van der Waals surface area contributed by atoms with Crippen molar-refractivity contribution in [1.29, 1.82) is 0 Å². The lowest BCUT2D eigenvalue weighted by Crippen LogP contribution is -2.26. The maximum absolute atomic E-state index is 6.20. The van der Waals surface area contributed by atoms with Crippen molar-refractivity contribution in [2.75, 3.05) is 0 Å². The molecule has 2 heteroatoms. The molecule has 1 atom stereocenters. The molecular weight excluding hydrogens is 238 g/mol. The van der Waals surface area contributed by atoms with Crippen molar-refractivity contribution >= 4 is 15.9 Å². The summed E-state index contributed by atoms with van der Waals surface area (Å²) in [5.41, 5.74) is 8.77. The van der Waals surface area contributed by atoms with E-state index in [-0.39, 0.29) is 6.04 Å². The summed E-state index contributed by atoms with van der Waals surface area (Å²) in [6.45, 7) is 2.11. The van der Waals surface area contributed by atoms with Crippen molar-refractivity contribution in [3.05, 3.63) is 33.8 Å². The third-order valence-corrected chi connectivity index (χ3v) is 4.11. The van der Waals surface area contributed by atoms with Gasteiger partial charge in [-0.2, -0.15) is 0 Å². The Bertz CT molecular complexity index is 331. The summed E-state index contributed by atoms with van der Waals surface area (Å²) in [6, 6.07) is 6.69. The van der Waals surface area contributed by atoms with Gasteiger partial charge in [-0.3, -0.25) is 0 Å². The molecule has 0 spiro atoms. The van der Waals surface area contributed by atoms with E-state index in [1.54, 1.807) is 0 Å². The minimum absolute atomic E-state index is 0.246. The zero-order valence-electron chi connectivity index (χ0n) is 8.46. The molecule has 0 radical (unpaired) electrons. The van der Waals surface area contributed by atoms with Crippen LogP contribution in [0, 0.1) is 12.8 Å². The SMILES string of the molecule is Cc1cc([C@H](N)C2CCC2)ccc1Br. The Labute approximate surface area is 93.8 Å². The first-order valence-corrected chi connectivity index (χ1v) is 5.99. The van der Waals surface area contributed by atoms with E-state index in [4.69, 9.17) is 5.73 Å². The second kappa shape index (κ2) is 4.03. The summed E-state index contributed by atoms with van der Waals surface area (Å²) in [4.78, 5) is 0. The van der Waals surface area contributed by atoms with Gasteiger partial charge in [-0.25, -0.2) is 0 Å². The minimum Gasteiger partial charge on any atom is -0.324 e. The number of nitrogens with two attached hydrogens (primary N) is 1. The molecule has 0 bridgehead atoms. The van der Waals surface area contributed by atoms with Gasteiger partial charge in [0.15, 0.2) is 0 Å². The molecule has 0 unspecified atom stereocenters. The van der Waals surface area contributed by atoms with Crippen molar-refractivity contribution in [2.45, 2.75) is 32.2 Å². The molecule has 1 aromatic rings. The van der Waals surface area contributed by atoms with Crippen LogP contribution in [0.1, 0.15) is 36.4 Å². The predicted molar refractivity (Wildman–Crippen MR) is 63.1 cm³/mol. The fourth-order valence-corrected chi connectivity index (χ4v) is 2.19. The van der Waals surface area contributed by atoms with E-state index >= 15 is 0 Å². The molecule has 1 aliphatic rings. The molecule has 1 nitrogen and oxygen atoms in total. The largest absolute Gasteiger partial charge is 0.324 e. The van der Waals surface area contributed by atoms with Crippen LogP contribution in [-0.2, 0) is 0 Å². The molecule has 2 N–H and O–H groups in total. The van der Waals surface area contributed by atoms with E-state index in [1.165, 1.54) is 34.9 Å². The topological polar surface area (TPSA) is 26.0 Å². The van der Waals surface area contributed by atoms with E-state index in [0.717, 1.165) is 5.92 Å². The van der Waals surface area contributed by atoms with E-state index in [0.29, 0.717) is 0 Å². The van der Waals surface area contributed by atoms with Gasteiger partial charge in [0.2, 0.25) is 0 Å². The lowest BCUT2D eigenvalue weighted by molar-refractivity contribution is 0.264. The lowest BCUT2D eigenvalue weighted by Gasteiger charge is -2.31. The van der Waals surface area contributed by atoms with Crippen LogP contribution in [0.5, 0.6) is 0 Å².